The summed E-state index contributed by atoms with van der Waals surface area (Å²) in [5.41, 5.74) is 9.29. The van der Waals surface area contributed by atoms with Crippen LogP contribution in [0.25, 0.3) is 11.5 Å². The lowest BCUT2D eigenvalue weighted by molar-refractivity contribution is 0.0996. The standard InChI is InChI=1S/C25H32N8O/c1-6-16-10-11-21-29-30-24(33(16)21)19-8-7-9-20(27-19)32-13-18-17(25(32)34)12-22(31(5)14(2)3)28-23(18)15(4)26/h7-9,12,14-16H,6,10-11,13,26H2,1-5H3/t15-,16+/m1/s1. The van der Waals surface area contributed by atoms with Crippen molar-refractivity contribution in [3.63, 3.8) is 0 Å². The van der Waals surface area contributed by atoms with Gasteiger partial charge in [-0.25, -0.2) is 9.97 Å². The van der Waals surface area contributed by atoms with Crippen LogP contribution in [0.3, 0.4) is 0 Å². The molecule has 3 aromatic rings. The van der Waals surface area contributed by atoms with Crippen molar-refractivity contribution in [2.45, 2.75) is 71.6 Å². The van der Waals surface area contributed by atoms with Gasteiger partial charge in [-0.15, -0.1) is 10.2 Å². The third-order valence-corrected chi connectivity index (χ3v) is 7.05. The van der Waals surface area contributed by atoms with Crippen LogP contribution in [-0.4, -0.2) is 43.7 Å². The summed E-state index contributed by atoms with van der Waals surface area (Å²) in [6.07, 6.45) is 3.04. The van der Waals surface area contributed by atoms with Crippen LogP contribution >= 0.6 is 0 Å². The Morgan fingerprint density at radius 1 is 1.21 bits per heavy atom. The summed E-state index contributed by atoms with van der Waals surface area (Å²) in [6, 6.07) is 7.95. The fourth-order valence-corrected chi connectivity index (χ4v) is 4.88. The summed E-state index contributed by atoms with van der Waals surface area (Å²) in [6.45, 7) is 8.67. The Morgan fingerprint density at radius 2 is 2.00 bits per heavy atom. The first-order chi connectivity index (χ1) is 16.3. The van der Waals surface area contributed by atoms with E-state index in [9.17, 15) is 4.79 Å². The first kappa shape index (κ1) is 22.5. The zero-order chi connectivity index (χ0) is 24.1. The highest BCUT2D eigenvalue weighted by Gasteiger charge is 2.34. The Bertz CT molecular complexity index is 1250. The molecule has 0 aliphatic carbocycles. The van der Waals surface area contributed by atoms with Gasteiger partial charge in [0.05, 0.1) is 17.8 Å². The molecule has 0 fully saturated rings. The van der Waals surface area contributed by atoms with Crippen LogP contribution < -0.4 is 15.5 Å². The SMILES string of the molecule is CC[C@H]1CCc2nnc(-c3cccc(N4Cc5c(cc(N(C)C(C)C)nc5[C@@H](C)N)C4=O)n3)n21. The topological polar surface area (TPSA) is 106 Å². The Kier molecular flexibility index (Phi) is 5.59. The minimum atomic E-state index is -0.286. The van der Waals surface area contributed by atoms with Gasteiger partial charge in [-0.05, 0) is 51.8 Å². The maximum atomic E-state index is 13.6. The van der Waals surface area contributed by atoms with Crippen LogP contribution in [0.1, 0.15) is 80.1 Å². The number of anilines is 2. The van der Waals surface area contributed by atoms with Crippen LogP contribution in [0.5, 0.6) is 0 Å². The van der Waals surface area contributed by atoms with E-state index in [1.807, 2.05) is 38.2 Å². The van der Waals surface area contributed by atoms with Crippen molar-refractivity contribution in [2.75, 3.05) is 16.8 Å². The second-order valence-electron chi connectivity index (χ2n) is 9.57. The molecule has 178 valence electrons. The third-order valence-electron chi connectivity index (χ3n) is 7.05. The number of nitrogens with two attached hydrogens (primary N) is 1. The maximum Gasteiger partial charge on any atom is 0.260 e. The van der Waals surface area contributed by atoms with Gasteiger partial charge >= 0.3 is 0 Å². The first-order valence-corrected chi connectivity index (χ1v) is 12.0. The zero-order valence-corrected chi connectivity index (χ0v) is 20.5. The molecule has 2 aliphatic rings. The van der Waals surface area contributed by atoms with Crippen LogP contribution in [0.4, 0.5) is 11.6 Å². The molecule has 2 N–H and O–H groups in total. The molecule has 0 radical (unpaired) electrons. The summed E-state index contributed by atoms with van der Waals surface area (Å²) in [5.74, 6) is 3.04. The third kappa shape index (κ3) is 3.55. The summed E-state index contributed by atoms with van der Waals surface area (Å²) in [5, 5.41) is 8.82. The van der Waals surface area contributed by atoms with Gasteiger partial charge in [0.15, 0.2) is 5.82 Å². The number of carbonyl (C=O) groups excluding carboxylic acids is 1. The number of pyridine rings is 2. The highest BCUT2D eigenvalue weighted by Crippen LogP contribution is 2.36. The van der Waals surface area contributed by atoms with Crippen molar-refractivity contribution >= 4 is 17.5 Å². The Hall–Kier alpha value is -3.33. The molecule has 9 heteroatoms. The van der Waals surface area contributed by atoms with Crippen molar-refractivity contribution in [3.05, 3.63) is 46.9 Å². The number of amides is 1. The van der Waals surface area contributed by atoms with E-state index in [2.05, 4.69) is 40.4 Å². The number of carbonyl (C=O) groups is 1. The second kappa shape index (κ2) is 8.47. The second-order valence-corrected chi connectivity index (χ2v) is 9.57. The number of aromatic nitrogens is 5. The molecular formula is C25H32N8O. The molecular weight excluding hydrogens is 428 g/mol. The quantitative estimate of drug-likeness (QED) is 0.598. The van der Waals surface area contributed by atoms with Gasteiger partial charge in [0.2, 0.25) is 0 Å². The van der Waals surface area contributed by atoms with E-state index in [1.165, 1.54) is 0 Å². The monoisotopic (exact) mass is 460 g/mol. The molecule has 5 rings (SSSR count). The molecule has 2 aliphatic heterocycles. The average molecular weight is 461 g/mol. The van der Waals surface area contributed by atoms with Gasteiger partial charge in [-0.1, -0.05) is 13.0 Å². The summed E-state index contributed by atoms with van der Waals surface area (Å²) in [4.78, 5) is 27.0. The van der Waals surface area contributed by atoms with E-state index >= 15 is 0 Å². The molecule has 3 aromatic heterocycles. The van der Waals surface area contributed by atoms with Crippen molar-refractivity contribution in [3.8, 4) is 11.5 Å². The first-order valence-electron chi connectivity index (χ1n) is 12.0. The highest BCUT2D eigenvalue weighted by atomic mass is 16.2. The molecule has 34 heavy (non-hydrogen) atoms. The molecule has 0 saturated heterocycles. The highest BCUT2D eigenvalue weighted by molar-refractivity contribution is 6.10. The Labute approximate surface area is 200 Å². The van der Waals surface area contributed by atoms with E-state index in [0.717, 1.165) is 53.7 Å². The van der Waals surface area contributed by atoms with Crippen LogP contribution in [0.2, 0.25) is 0 Å². The average Bonchev–Trinajstić information content (AvgIpc) is 3.51. The molecule has 0 saturated carbocycles. The molecule has 5 heterocycles. The van der Waals surface area contributed by atoms with Crippen molar-refractivity contribution in [1.29, 1.82) is 0 Å². The number of fused-ring (bicyclic) bond motifs is 2. The smallest absolute Gasteiger partial charge is 0.260 e. The van der Waals surface area contributed by atoms with Crippen LogP contribution in [0, 0.1) is 0 Å². The lowest BCUT2D eigenvalue weighted by Crippen LogP contribution is -2.28. The van der Waals surface area contributed by atoms with E-state index in [-0.39, 0.29) is 18.0 Å². The van der Waals surface area contributed by atoms with Crippen LogP contribution in [0.15, 0.2) is 24.3 Å². The fraction of sp³-hybridized carbons (Fsp3) is 0.480. The lowest BCUT2D eigenvalue weighted by atomic mass is 10.0. The van der Waals surface area contributed by atoms with Gasteiger partial charge in [-0.3, -0.25) is 9.69 Å². The number of hydrogen-bond donors (Lipinski definition) is 1. The minimum Gasteiger partial charge on any atom is -0.357 e. The van der Waals surface area contributed by atoms with Crippen molar-refractivity contribution in [2.24, 2.45) is 5.73 Å². The number of hydrogen-bond acceptors (Lipinski definition) is 7. The Morgan fingerprint density at radius 3 is 2.71 bits per heavy atom. The maximum absolute atomic E-state index is 13.6. The van der Waals surface area contributed by atoms with Gasteiger partial charge in [0.1, 0.15) is 23.2 Å². The molecule has 0 bridgehead atoms. The van der Waals surface area contributed by atoms with Gasteiger partial charge < -0.3 is 15.2 Å². The van der Waals surface area contributed by atoms with E-state index in [4.69, 9.17) is 15.7 Å². The van der Waals surface area contributed by atoms with Crippen LogP contribution in [-0.2, 0) is 13.0 Å². The van der Waals surface area contributed by atoms with E-state index in [0.29, 0.717) is 24.0 Å². The lowest BCUT2D eigenvalue weighted by Gasteiger charge is -2.24. The van der Waals surface area contributed by atoms with Gasteiger partial charge in [0, 0.05) is 37.2 Å². The summed E-state index contributed by atoms with van der Waals surface area (Å²) in [7, 11) is 1.98. The predicted molar refractivity (Wildman–Crippen MR) is 132 cm³/mol. The largest absolute Gasteiger partial charge is 0.357 e. The molecule has 9 nitrogen and oxygen atoms in total. The molecule has 1 amide bonds. The predicted octanol–water partition coefficient (Wildman–Crippen LogP) is 3.66. The molecule has 0 aromatic carbocycles. The zero-order valence-electron chi connectivity index (χ0n) is 20.5. The molecule has 0 spiro atoms. The normalized spacial score (nSPS) is 17.9. The van der Waals surface area contributed by atoms with Gasteiger partial charge in [-0.2, -0.15) is 0 Å². The number of aryl methyl sites for hydroxylation is 1. The number of nitrogens with zero attached hydrogens (tertiary/aromatic N) is 7. The molecule has 0 unspecified atom stereocenters. The van der Waals surface area contributed by atoms with E-state index < -0.39 is 0 Å². The fourth-order valence-electron chi connectivity index (χ4n) is 4.88. The summed E-state index contributed by atoms with van der Waals surface area (Å²) >= 11 is 0. The van der Waals surface area contributed by atoms with Crippen molar-refractivity contribution < 1.29 is 4.79 Å². The molecule has 2 atom stereocenters. The number of rotatable bonds is 6. The summed E-state index contributed by atoms with van der Waals surface area (Å²) < 4.78 is 2.21. The minimum absolute atomic E-state index is 0.0831. The Balaban J connectivity index is 1.53. The van der Waals surface area contributed by atoms with Gasteiger partial charge in [0.25, 0.3) is 5.91 Å². The van der Waals surface area contributed by atoms with E-state index in [1.54, 1.807) is 4.90 Å². The van der Waals surface area contributed by atoms with Crippen molar-refractivity contribution in [1.82, 2.24) is 24.7 Å².